The molecular weight excluding hydrogens is 230 g/mol. The van der Waals surface area contributed by atoms with E-state index in [1.54, 1.807) is 0 Å². The third kappa shape index (κ3) is 3.23. The number of rotatable bonds is 4. The molecule has 1 unspecified atom stereocenters. The van der Waals surface area contributed by atoms with Crippen molar-refractivity contribution < 1.29 is 0 Å². The Morgan fingerprint density at radius 3 is 2.47 bits per heavy atom. The monoisotopic (exact) mass is 251 g/mol. The van der Waals surface area contributed by atoms with E-state index in [4.69, 9.17) is 11.6 Å². The molecule has 1 aliphatic rings. The lowest BCUT2D eigenvalue weighted by molar-refractivity contribution is 0.352. The first kappa shape index (κ1) is 12.9. The van der Waals surface area contributed by atoms with Crippen LogP contribution in [0.2, 0.25) is 5.02 Å². The minimum Gasteiger partial charge on any atom is -0.307 e. The van der Waals surface area contributed by atoms with E-state index in [9.17, 15) is 0 Å². The molecule has 1 saturated carbocycles. The fourth-order valence-corrected chi connectivity index (χ4v) is 3.20. The molecule has 0 saturated heterocycles. The quantitative estimate of drug-likeness (QED) is 0.827. The van der Waals surface area contributed by atoms with Gasteiger partial charge in [0.15, 0.2) is 0 Å². The fourth-order valence-electron chi connectivity index (χ4n) is 2.90. The third-order valence-corrected chi connectivity index (χ3v) is 4.34. The van der Waals surface area contributed by atoms with E-state index >= 15 is 0 Å². The van der Waals surface area contributed by atoms with Gasteiger partial charge in [-0.1, -0.05) is 42.6 Å². The number of halogens is 1. The molecule has 0 amide bonds. The predicted molar refractivity (Wildman–Crippen MR) is 74.4 cm³/mol. The van der Waals surface area contributed by atoms with Gasteiger partial charge in [-0.15, -0.1) is 0 Å². The van der Waals surface area contributed by atoms with E-state index < -0.39 is 0 Å². The van der Waals surface area contributed by atoms with Crippen LogP contribution in [0.3, 0.4) is 0 Å². The van der Waals surface area contributed by atoms with Crippen LogP contribution in [0.15, 0.2) is 24.3 Å². The first-order valence-electron chi connectivity index (χ1n) is 6.69. The molecule has 0 aliphatic heterocycles. The molecule has 1 fully saturated rings. The summed E-state index contributed by atoms with van der Waals surface area (Å²) < 4.78 is 0. The molecule has 2 heteroatoms. The summed E-state index contributed by atoms with van der Waals surface area (Å²) in [6.45, 7) is 4.51. The first-order valence-corrected chi connectivity index (χ1v) is 7.06. The first-order chi connectivity index (χ1) is 8.18. The summed E-state index contributed by atoms with van der Waals surface area (Å²) in [5.41, 5.74) is 1.21. The molecule has 1 aromatic rings. The highest BCUT2D eigenvalue weighted by Crippen LogP contribution is 2.29. The Bertz CT molecular complexity index is 358. The molecule has 17 heavy (non-hydrogen) atoms. The lowest BCUT2D eigenvalue weighted by atomic mass is 9.98. The zero-order chi connectivity index (χ0) is 12.3. The molecule has 0 radical (unpaired) electrons. The number of hydrogen-bond acceptors (Lipinski definition) is 1. The van der Waals surface area contributed by atoms with Gasteiger partial charge in [0.2, 0.25) is 0 Å². The molecule has 0 aromatic heterocycles. The van der Waals surface area contributed by atoms with Crippen molar-refractivity contribution in [3.05, 3.63) is 34.9 Å². The third-order valence-electron chi connectivity index (χ3n) is 3.99. The predicted octanol–water partition coefficient (Wildman–Crippen LogP) is 4.57. The van der Waals surface area contributed by atoms with Crippen molar-refractivity contribution in [1.29, 1.82) is 0 Å². The van der Waals surface area contributed by atoms with Crippen molar-refractivity contribution in [2.24, 2.45) is 5.92 Å². The normalized spacial score (nSPS) is 20.4. The summed E-state index contributed by atoms with van der Waals surface area (Å²) in [6.07, 6.45) is 5.56. The van der Waals surface area contributed by atoms with Gasteiger partial charge in [-0.25, -0.2) is 0 Å². The van der Waals surface area contributed by atoms with Crippen molar-refractivity contribution in [3.8, 4) is 0 Å². The van der Waals surface area contributed by atoms with E-state index in [1.807, 2.05) is 12.1 Å². The van der Waals surface area contributed by atoms with E-state index in [2.05, 4.69) is 31.3 Å². The fraction of sp³-hybridized carbons (Fsp3) is 0.600. The summed E-state index contributed by atoms with van der Waals surface area (Å²) in [5, 5.41) is 4.56. The Morgan fingerprint density at radius 1 is 1.18 bits per heavy atom. The lowest BCUT2D eigenvalue weighted by Gasteiger charge is -2.25. The average molecular weight is 252 g/mol. The molecular formula is C15H22ClN. The molecule has 1 N–H and O–H groups in total. The van der Waals surface area contributed by atoms with E-state index in [0.717, 1.165) is 10.9 Å². The molecule has 0 heterocycles. The highest BCUT2D eigenvalue weighted by molar-refractivity contribution is 6.31. The molecule has 2 atom stereocenters. The van der Waals surface area contributed by atoms with Crippen molar-refractivity contribution >= 4 is 11.6 Å². The van der Waals surface area contributed by atoms with Crippen LogP contribution in [0.5, 0.6) is 0 Å². The SMILES string of the molecule is CC(N[C@H](C)c1ccccc1Cl)C1CCCC1. The molecule has 2 rings (SSSR count). The second-order valence-corrected chi connectivity index (χ2v) is 5.65. The van der Waals surface area contributed by atoms with Crippen molar-refractivity contribution in [2.45, 2.75) is 51.6 Å². The van der Waals surface area contributed by atoms with Gasteiger partial charge < -0.3 is 5.32 Å². The smallest absolute Gasteiger partial charge is 0.0453 e. The number of benzene rings is 1. The van der Waals surface area contributed by atoms with Crippen LogP contribution in [0.25, 0.3) is 0 Å². The van der Waals surface area contributed by atoms with Gasteiger partial charge in [0, 0.05) is 17.1 Å². The van der Waals surface area contributed by atoms with Crippen LogP contribution in [0.4, 0.5) is 0 Å². The Balaban J connectivity index is 1.96. The van der Waals surface area contributed by atoms with E-state index in [-0.39, 0.29) is 0 Å². The van der Waals surface area contributed by atoms with E-state index in [0.29, 0.717) is 12.1 Å². The summed E-state index contributed by atoms with van der Waals surface area (Å²) in [4.78, 5) is 0. The highest BCUT2D eigenvalue weighted by atomic mass is 35.5. The number of hydrogen-bond donors (Lipinski definition) is 1. The van der Waals surface area contributed by atoms with Gasteiger partial charge in [-0.05, 0) is 44.2 Å². The summed E-state index contributed by atoms with van der Waals surface area (Å²) in [5.74, 6) is 0.847. The summed E-state index contributed by atoms with van der Waals surface area (Å²) in [6, 6.07) is 9.04. The zero-order valence-electron chi connectivity index (χ0n) is 10.7. The highest BCUT2D eigenvalue weighted by Gasteiger charge is 2.23. The maximum atomic E-state index is 6.22. The summed E-state index contributed by atoms with van der Waals surface area (Å²) >= 11 is 6.22. The van der Waals surface area contributed by atoms with Crippen LogP contribution in [-0.2, 0) is 0 Å². The Kier molecular flexibility index (Phi) is 4.47. The molecule has 0 spiro atoms. The number of nitrogens with one attached hydrogen (secondary N) is 1. The van der Waals surface area contributed by atoms with Crippen LogP contribution in [0, 0.1) is 5.92 Å². The Morgan fingerprint density at radius 2 is 1.82 bits per heavy atom. The molecule has 0 bridgehead atoms. The van der Waals surface area contributed by atoms with Gasteiger partial charge >= 0.3 is 0 Å². The second kappa shape index (κ2) is 5.88. The van der Waals surface area contributed by atoms with Crippen LogP contribution in [0.1, 0.15) is 51.1 Å². The average Bonchev–Trinajstić information content (AvgIpc) is 2.82. The van der Waals surface area contributed by atoms with Gasteiger partial charge in [-0.3, -0.25) is 0 Å². The van der Waals surface area contributed by atoms with Crippen LogP contribution < -0.4 is 5.32 Å². The maximum absolute atomic E-state index is 6.22. The van der Waals surface area contributed by atoms with Crippen molar-refractivity contribution in [2.75, 3.05) is 0 Å². The second-order valence-electron chi connectivity index (χ2n) is 5.24. The minimum absolute atomic E-state index is 0.333. The molecule has 1 aromatic carbocycles. The molecule has 1 nitrogen and oxygen atoms in total. The van der Waals surface area contributed by atoms with E-state index in [1.165, 1.54) is 31.2 Å². The van der Waals surface area contributed by atoms with Gasteiger partial charge in [0.25, 0.3) is 0 Å². The Hall–Kier alpha value is -0.530. The zero-order valence-corrected chi connectivity index (χ0v) is 11.5. The van der Waals surface area contributed by atoms with Gasteiger partial charge in [0.05, 0.1) is 0 Å². The van der Waals surface area contributed by atoms with Gasteiger partial charge in [-0.2, -0.15) is 0 Å². The molecule has 1 aliphatic carbocycles. The summed E-state index contributed by atoms with van der Waals surface area (Å²) in [7, 11) is 0. The van der Waals surface area contributed by atoms with Crippen molar-refractivity contribution in [3.63, 3.8) is 0 Å². The van der Waals surface area contributed by atoms with Crippen molar-refractivity contribution in [1.82, 2.24) is 5.32 Å². The standard InChI is InChI=1S/C15H22ClN/c1-11(13-7-3-4-8-13)17-12(2)14-9-5-6-10-15(14)16/h5-6,9-13,17H,3-4,7-8H2,1-2H3/t11?,12-/m1/s1. The van der Waals surface area contributed by atoms with Crippen LogP contribution in [-0.4, -0.2) is 6.04 Å². The maximum Gasteiger partial charge on any atom is 0.0453 e. The molecule has 94 valence electrons. The van der Waals surface area contributed by atoms with Crippen LogP contribution >= 0.6 is 11.6 Å². The Labute approximate surface area is 110 Å². The lowest BCUT2D eigenvalue weighted by Crippen LogP contribution is -2.34. The minimum atomic E-state index is 0.333. The van der Waals surface area contributed by atoms with Gasteiger partial charge in [0.1, 0.15) is 0 Å². The largest absolute Gasteiger partial charge is 0.307 e. The topological polar surface area (TPSA) is 12.0 Å².